The van der Waals surface area contributed by atoms with Gasteiger partial charge in [-0.05, 0) is 60.2 Å². The zero-order valence-electron chi connectivity index (χ0n) is 18.5. The van der Waals surface area contributed by atoms with Crippen molar-refractivity contribution in [1.82, 2.24) is 4.90 Å². The molecule has 0 fully saturated rings. The van der Waals surface area contributed by atoms with Gasteiger partial charge in [-0.15, -0.1) is 0 Å². The van der Waals surface area contributed by atoms with Crippen molar-refractivity contribution in [2.45, 2.75) is 40.0 Å². The molecule has 0 bridgehead atoms. The second-order valence-corrected chi connectivity index (χ2v) is 7.71. The van der Waals surface area contributed by atoms with Gasteiger partial charge in [-0.2, -0.15) is 0 Å². The molecular formula is C27H33N3. The summed E-state index contributed by atoms with van der Waals surface area (Å²) in [7, 11) is 0. The SMILES string of the molecule is C=Cc1cccc(-c2ccc3c(c2)N=C(N)CC(/C(=C\C)N(CCC)CCC)=C3)c1. The Kier molecular flexibility index (Phi) is 7.29. The molecule has 156 valence electrons. The largest absolute Gasteiger partial charge is 0.387 e. The summed E-state index contributed by atoms with van der Waals surface area (Å²) in [6.45, 7) is 12.5. The van der Waals surface area contributed by atoms with Gasteiger partial charge in [0.1, 0.15) is 5.84 Å². The van der Waals surface area contributed by atoms with Gasteiger partial charge in [0.05, 0.1) is 5.69 Å². The molecular weight excluding hydrogens is 366 g/mol. The van der Waals surface area contributed by atoms with Gasteiger partial charge >= 0.3 is 0 Å². The lowest BCUT2D eigenvalue weighted by Gasteiger charge is -2.28. The van der Waals surface area contributed by atoms with E-state index >= 15 is 0 Å². The molecule has 0 saturated carbocycles. The minimum atomic E-state index is 0.657. The van der Waals surface area contributed by atoms with E-state index in [2.05, 4.69) is 86.9 Å². The van der Waals surface area contributed by atoms with Gasteiger partial charge < -0.3 is 10.6 Å². The predicted molar refractivity (Wildman–Crippen MR) is 132 cm³/mol. The van der Waals surface area contributed by atoms with Crippen LogP contribution in [-0.4, -0.2) is 23.8 Å². The highest BCUT2D eigenvalue weighted by Gasteiger charge is 2.17. The molecule has 1 heterocycles. The summed E-state index contributed by atoms with van der Waals surface area (Å²) in [5, 5.41) is 0. The number of hydrogen-bond acceptors (Lipinski definition) is 3. The van der Waals surface area contributed by atoms with E-state index in [9.17, 15) is 0 Å². The van der Waals surface area contributed by atoms with Crippen molar-refractivity contribution >= 4 is 23.7 Å². The van der Waals surface area contributed by atoms with Crippen LogP contribution in [0.5, 0.6) is 0 Å². The average molecular weight is 400 g/mol. The Labute approximate surface area is 181 Å². The van der Waals surface area contributed by atoms with Crippen LogP contribution in [0, 0.1) is 0 Å². The van der Waals surface area contributed by atoms with E-state index in [1.165, 1.54) is 11.3 Å². The Bertz CT molecular complexity index is 989. The van der Waals surface area contributed by atoms with Crippen molar-refractivity contribution in [2.24, 2.45) is 10.7 Å². The van der Waals surface area contributed by atoms with Gasteiger partial charge in [0.2, 0.25) is 0 Å². The first-order valence-electron chi connectivity index (χ1n) is 10.9. The first kappa shape index (κ1) is 21.6. The third kappa shape index (κ3) is 4.91. The fourth-order valence-corrected chi connectivity index (χ4v) is 4.04. The summed E-state index contributed by atoms with van der Waals surface area (Å²) < 4.78 is 0. The molecule has 3 heteroatoms. The van der Waals surface area contributed by atoms with Crippen molar-refractivity contribution in [1.29, 1.82) is 0 Å². The molecule has 1 aliphatic heterocycles. The van der Waals surface area contributed by atoms with E-state index in [1.807, 2.05) is 6.08 Å². The lowest BCUT2D eigenvalue weighted by molar-refractivity contribution is 0.349. The van der Waals surface area contributed by atoms with E-state index in [0.717, 1.165) is 53.9 Å². The van der Waals surface area contributed by atoms with Crippen LogP contribution in [0.1, 0.15) is 51.2 Å². The van der Waals surface area contributed by atoms with Crippen LogP contribution < -0.4 is 5.73 Å². The summed E-state index contributed by atoms with van der Waals surface area (Å²) in [5.41, 5.74) is 14.3. The molecule has 2 aromatic carbocycles. The first-order chi connectivity index (χ1) is 14.6. The van der Waals surface area contributed by atoms with Gasteiger partial charge in [-0.3, -0.25) is 0 Å². The minimum absolute atomic E-state index is 0.657. The third-order valence-electron chi connectivity index (χ3n) is 5.38. The average Bonchev–Trinajstić information content (AvgIpc) is 2.91. The second kappa shape index (κ2) is 10.1. The maximum absolute atomic E-state index is 6.37. The van der Waals surface area contributed by atoms with Crippen LogP contribution in [0.4, 0.5) is 5.69 Å². The molecule has 0 amide bonds. The van der Waals surface area contributed by atoms with Gasteiger partial charge in [-0.1, -0.05) is 62.9 Å². The molecule has 0 aliphatic carbocycles. The Morgan fingerprint density at radius 1 is 1.10 bits per heavy atom. The Morgan fingerprint density at radius 2 is 1.83 bits per heavy atom. The molecule has 0 aromatic heterocycles. The van der Waals surface area contributed by atoms with Crippen molar-refractivity contribution in [3.63, 3.8) is 0 Å². The molecule has 3 nitrogen and oxygen atoms in total. The number of allylic oxidation sites excluding steroid dienone is 2. The van der Waals surface area contributed by atoms with Crippen molar-refractivity contribution < 1.29 is 0 Å². The van der Waals surface area contributed by atoms with Crippen molar-refractivity contribution in [3.05, 3.63) is 77.5 Å². The van der Waals surface area contributed by atoms with Crippen LogP contribution >= 0.6 is 0 Å². The highest BCUT2D eigenvalue weighted by Crippen LogP contribution is 2.34. The number of nitrogens with two attached hydrogens (primary N) is 1. The van der Waals surface area contributed by atoms with Crippen LogP contribution in [-0.2, 0) is 0 Å². The molecule has 3 rings (SSSR count). The number of hydrogen-bond donors (Lipinski definition) is 1. The molecule has 1 aliphatic rings. The van der Waals surface area contributed by atoms with Crippen molar-refractivity contribution in [3.8, 4) is 11.1 Å². The highest BCUT2D eigenvalue weighted by molar-refractivity contribution is 5.92. The number of rotatable bonds is 8. The Morgan fingerprint density at radius 3 is 2.50 bits per heavy atom. The summed E-state index contributed by atoms with van der Waals surface area (Å²) in [6, 6.07) is 14.8. The monoisotopic (exact) mass is 399 g/mol. The van der Waals surface area contributed by atoms with Crippen LogP contribution in [0.2, 0.25) is 0 Å². The summed E-state index contributed by atoms with van der Waals surface area (Å²) in [4.78, 5) is 7.23. The molecule has 0 unspecified atom stereocenters. The number of fused-ring (bicyclic) bond motifs is 1. The summed E-state index contributed by atoms with van der Waals surface area (Å²) >= 11 is 0. The van der Waals surface area contributed by atoms with Crippen LogP contribution in [0.25, 0.3) is 23.3 Å². The molecule has 0 atom stereocenters. The zero-order chi connectivity index (χ0) is 21.5. The molecule has 0 spiro atoms. The van der Waals surface area contributed by atoms with E-state index in [0.29, 0.717) is 12.3 Å². The van der Waals surface area contributed by atoms with Gasteiger partial charge in [0.25, 0.3) is 0 Å². The van der Waals surface area contributed by atoms with Gasteiger partial charge in [0.15, 0.2) is 0 Å². The fourth-order valence-electron chi connectivity index (χ4n) is 4.04. The maximum atomic E-state index is 6.37. The van der Waals surface area contributed by atoms with Gasteiger partial charge in [0, 0.05) is 30.8 Å². The fraction of sp³-hybridized carbons (Fsp3) is 0.296. The minimum Gasteiger partial charge on any atom is -0.387 e. The molecule has 2 N–H and O–H groups in total. The smallest absolute Gasteiger partial charge is 0.104 e. The lowest BCUT2D eigenvalue weighted by Crippen LogP contribution is -2.27. The van der Waals surface area contributed by atoms with E-state index in [1.54, 1.807) is 0 Å². The van der Waals surface area contributed by atoms with E-state index < -0.39 is 0 Å². The lowest BCUT2D eigenvalue weighted by atomic mass is 9.98. The predicted octanol–water partition coefficient (Wildman–Crippen LogP) is 6.80. The standard InChI is InChI=1S/C27H33N3/c1-5-14-30(15-6-2)26(8-4)24-17-23-13-12-22(18-25(23)29-27(28)19-24)21-11-9-10-20(7-3)16-21/h7-13,16-18H,3,5-6,14-15,19H2,1-2,4H3,(H2,28,29)/b26-8+. The number of nitrogens with zero attached hydrogens (tertiary/aromatic N) is 2. The molecule has 2 aromatic rings. The molecule has 0 radical (unpaired) electrons. The van der Waals surface area contributed by atoms with Crippen LogP contribution in [0.3, 0.4) is 0 Å². The maximum Gasteiger partial charge on any atom is 0.104 e. The molecule has 30 heavy (non-hydrogen) atoms. The summed E-state index contributed by atoms with van der Waals surface area (Å²) in [6.07, 6.45) is 9.26. The van der Waals surface area contributed by atoms with E-state index in [4.69, 9.17) is 10.7 Å². The third-order valence-corrected chi connectivity index (χ3v) is 5.38. The Balaban J connectivity index is 2.02. The zero-order valence-corrected chi connectivity index (χ0v) is 18.5. The van der Waals surface area contributed by atoms with Crippen LogP contribution in [0.15, 0.2) is 71.4 Å². The number of aliphatic imine (C=N–C) groups is 1. The Hall–Kier alpha value is -3.07. The topological polar surface area (TPSA) is 41.6 Å². The molecule has 0 saturated heterocycles. The summed E-state index contributed by atoms with van der Waals surface area (Å²) in [5.74, 6) is 0.657. The number of amidine groups is 1. The normalized spacial score (nSPS) is 13.8. The van der Waals surface area contributed by atoms with Gasteiger partial charge in [-0.25, -0.2) is 4.99 Å². The second-order valence-electron chi connectivity index (χ2n) is 7.71. The van der Waals surface area contributed by atoms with E-state index in [-0.39, 0.29) is 0 Å². The highest BCUT2D eigenvalue weighted by atomic mass is 15.1. The quantitative estimate of drug-likeness (QED) is 0.530. The number of benzene rings is 2. The van der Waals surface area contributed by atoms with Crippen molar-refractivity contribution in [2.75, 3.05) is 13.1 Å². The first-order valence-corrected chi connectivity index (χ1v) is 10.9.